The molecule has 0 unspecified atom stereocenters. The molecule has 0 bridgehead atoms. The second-order valence-electron chi connectivity index (χ2n) is 5.60. The summed E-state index contributed by atoms with van der Waals surface area (Å²) in [5, 5.41) is 14.0. The minimum Gasteiger partial charge on any atom is -0.327 e. The molecule has 0 radical (unpaired) electrons. The molecule has 5 aromatic rings. The first-order valence-electron chi connectivity index (χ1n) is 7.45. The van der Waals surface area contributed by atoms with Crippen molar-refractivity contribution in [2.75, 3.05) is 0 Å². The van der Waals surface area contributed by atoms with E-state index >= 15 is 0 Å². The van der Waals surface area contributed by atoms with Gasteiger partial charge in [0, 0.05) is 18.0 Å². The monoisotopic (exact) mass is 318 g/mol. The minimum atomic E-state index is -0.296. The fourth-order valence-electron chi connectivity index (χ4n) is 2.99. The first-order chi connectivity index (χ1) is 11.7. The third kappa shape index (κ3) is 1.69. The van der Waals surface area contributed by atoms with Crippen LogP contribution in [-0.2, 0) is 7.05 Å². The summed E-state index contributed by atoms with van der Waals surface area (Å²) in [5.41, 5.74) is 3.32. The number of aryl methyl sites for hydroxylation is 1. The molecule has 5 rings (SSSR count). The van der Waals surface area contributed by atoms with E-state index < -0.39 is 0 Å². The second-order valence-corrected chi connectivity index (χ2v) is 5.60. The summed E-state index contributed by atoms with van der Waals surface area (Å²) in [6, 6.07) is 14.1. The molecule has 0 N–H and O–H groups in total. The predicted molar refractivity (Wildman–Crippen MR) is 88.0 cm³/mol. The van der Waals surface area contributed by atoms with E-state index in [9.17, 15) is 4.39 Å². The smallest absolute Gasteiger partial charge is 0.274 e. The van der Waals surface area contributed by atoms with Crippen LogP contribution in [0.3, 0.4) is 0 Å². The van der Waals surface area contributed by atoms with E-state index in [1.807, 2.05) is 35.9 Å². The molecule has 0 aliphatic heterocycles. The Labute approximate surface area is 135 Å². The normalized spacial score (nSPS) is 11.8. The lowest BCUT2D eigenvalue weighted by molar-refractivity contribution is 0.628. The van der Waals surface area contributed by atoms with E-state index in [1.54, 1.807) is 16.6 Å². The van der Waals surface area contributed by atoms with Crippen molar-refractivity contribution in [3.63, 3.8) is 0 Å². The van der Waals surface area contributed by atoms with Gasteiger partial charge in [-0.05, 0) is 30.3 Å². The SMILES string of the molecule is Cn1c2ccccc2c2nn3c(-c4ccc(F)cc4)nnc3nc21. The van der Waals surface area contributed by atoms with Gasteiger partial charge in [-0.1, -0.05) is 18.2 Å². The van der Waals surface area contributed by atoms with Crippen LogP contribution in [-0.4, -0.2) is 29.4 Å². The number of rotatable bonds is 1. The molecule has 0 aliphatic rings. The van der Waals surface area contributed by atoms with Gasteiger partial charge in [-0.2, -0.15) is 14.6 Å². The minimum absolute atomic E-state index is 0.296. The van der Waals surface area contributed by atoms with Gasteiger partial charge in [0.2, 0.25) is 0 Å². The summed E-state index contributed by atoms with van der Waals surface area (Å²) in [4.78, 5) is 4.59. The number of fused-ring (bicyclic) bond motifs is 4. The quantitative estimate of drug-likeness (QED) is 0.477. The molecule has 116 valence electrons. The number of hydrogen-bond acceptors (Lipinski definition) is 4. The number of benzene rings is 2. The van der Waals surface area contributed by atoms with E-state index in [4.69, 9.17) is 5.10 Å². The third-order valence-corrected chi connectivity index (χ3v) is 4.18. The molecule has 0 fully saturated rings. The summed E-state index contributed by atoms with van der Waals surface area (Å²) >= 11 is 0. The highest BCUT2D eigenvalue weighted by Gasteiger charge is 2.16. The Kier molecular flexibility index (Phi) is 2.50. The predicted octanol–water partition coefficient (Wildman–Crippen LogP) is 2.97. The van der Waals surface area contributed by atoms with Gasteiger partial charge in [0.05, 0.1) is 5.52 Å². The van der Waals surface area contributed by atoms with Gasteiger partial charge >= 0.3 is 0 Å². The largest absolute Gasteiger partial charge is 0.327 e. The van der Waals surface area contributed by atoms with Crippen LogP contribution in [0.25, 0.3) is 39.2 Å². The number of para-hydroxylation sites is 1. The number of aromatic nitrogens is 6. The number of nitrogens with zero attached hydrogens (tertiary/aromatic N) is 6. The average molecular weight is 318 g/mol. The summed E-state index contributed by atoms with van der Waals surface area (Å²) in [5.74, 6) is 0.648. The Morgan fingerprint density at radius 3 is 2.58 bits per heavy atom. The van der Waals surface area contributed by atoms with Crippen molar-refractivity contribution in [2.45, 2.75) is 0 Å². The average Bonchev–Trinajstić information content (AvgIpc) is 3.14. The highest BCUT2D eigenvalue weighted by Crippen LogP contribution is 2.26. The van der Waals surface area contributed by atoms with Gasteiger partial charge in [-0.15, -0.1) is 10.2 Å². The number of hydrogen-bond donors (Lipinski definition) is 0. The molecule has 3 aromatic heterocycles. The van der Waals surface area contributed by atoms with Crippen LogP contribution in [0.1, 0.15) is 0 Å². The fraction of sp³-hybridized carbons (Fsp3) is 0.0588. The lowest BCUT2D eigenvalue weighted by Crippen LogP contribution is -1.99. The molecule has 3 heterocycles. The Morgan fingerprint density at radius 2 is 1.75 bits per heavy atom. The van der Waals surface area contributed by atoms with Crippen molar-refractivity contribution in [3.8, 4) is 11.4 Å². The first-order valence-corrected chi connectivity index (χ1v) is 7.45. The molecule has 7 heteroatoms. The van der Waals surface area contributed by atoms with Crippen molar-refractivity contribution < 1.29 is 4.39 Å². The van der Waals surface area contributed by atoms with Crippen molar-refractivity contribution in [1.82, 2.24) is 29.4 Å². The molecule has 6 nitrogen and oxygen atoms in total. The lowest BCUT2D eigenvalue weighted by Gasteiger charge is -2.00. The van der Waals surface area contributed by atoms with E-state index in [0.29, 0.717) is 11.6 Å². The van der Waals surface area contributed by atoms with Crippen LogP contribution in [0.4, 0.5) is 4.39 Å². The van der Waals surface area contributed by atoms with Crippen molar-refractivity contribution in [3.05, 3.63) is 54.3 Å². The summed E-state index contributed by atoms with van der Waals surface area (Å²) in [6.45, 7) is 0. The Bertz CT molecular complexity index is 1220. The Balaban J connectivity index is 1.87. The van der Waals surface area contributed by atoms with Gasteiger partial charge < -0.3 is 4.57 Å². The van der Waals surface area contributed by atoms with Crippen LogP contribution in [0, 0.1) is 5.82 Å². The highest BCUT2D eigenvalue weighted by atomic mass is 19.1. The van der Waals surface area contributed by atoms with Gasteiger partial charge in [0.15, 0.2) is 11.5 Å². The Morgan fingerprint density at radius 1 is 0.958 bits per heavy atom. The molecule has 0 spiro atoms. The zero-order valence-electron chi connectivity index (χ0n) is 12.7. The van der Waals surface area contributed by atoms with Crippen molar-refractivity contribution in [2.24, 2.45) is 7.05 Å². The van der Waals surface area contributed by atoms with Gasteiger partial charge in [0.1, 0.15) is 11.3 Å². The maximum atomic E-state index is 13.2. The van der Waals surface area contributed by atoms with E-state index in [0.717, 1.165) is 27.6 Å². The van der Waals surface area contributed by atoms with Crippen molar-refractivity contribution in [1.29, 1.82) is 0 Å². The maximum Gasteiger partial charge on any atom is 0.274 e. The summed E-state index contributed by atoms with van der Waals surface area (Å²) in [7, 11) is 1.95. The maximum absolute atomic E-state index is 13.2. The summed E-state index contributed by atoms with van der Waals surface area (Å²) < 4.78 is 16.7. The van der Waals surface area contributed by atoms with Gasteiger partial charge in [-0.3, -0.25) is 0 Å². The van der Waals surface area contributed by atoms with Gasteiger partial charge in [0.25, 0.3) is 5.78 Å². The standard InChI is InChI=1S/C17H11FN6/c1-23-13-5-3-2-4-12(13)14-16(23)19-17-21-20-15(24(17)22-14)10-6-8-11(18)9-7-10/h2-9H,1H3. The second kappa shape index (κ2) is 4.58. The number of halogens is 1. The van der Waals surface area contributed by atoms with Crippen LogP contribution >= 0.6 is 0 Å². The van der Waals surface area contributed by atoms with Crippen molar-refractivity contribution >= 4 is 27.8 Å². The van der Waals surface area contributed by atoms with Crippen LogP contribution in [0.2, 0.25) is 0 Å². The molecule has 0 atom stereocenters. The summed E-state index contributed by atoms with van der Waals surface area (Å²) in [6.07, 6.45) is 0. The fourth-order valence-corrected chi connectivity index (χ4v) is 2.99. The third-order valence-electron chi connectivity index (χ3n) is 4.18. The van der Waals surface area contributed by atoms with Gasteiger partial charge in [-0.25, -0.2) is 4.39 Å². The molecule has 0 aliphatic carbocycles. The molecule has 24 heavy (non-hydrogen) atoms. The zero-order chi connectivity index (χ0) is 16.3. The molecule has 0 saturated carbocycles. The molecule has 0 amide bonds. The Hall–Kier alpha value is -3.35. The van der Waals surface area contributed by atoms with Crippen LogP contribution < -0.4 is 0 Å². The van der Waals surface area contributed by atoms with Crippen LogP contribution in [0.15, 0.2) is 48.5 Å². The highest BCUT2D eigenvalue weighted by molar-refractivity contribution is 6.04. The molecule has 0 saturated heterocycles. The van der Waals surface area contributed by atoms with E-state index in [1.165, 1.54) is 12.1 Å². The van der Waals surface area contributed by atoms with E-state index in [2.05, 4.69) is 15.2 Å². The molecular weight excluding hydrogens is 307 g/mol. The van der Waals surface area contributed by atoms with Crippen LogP contribution in [0.5, 0.6) is 0 Å². The topological polar surface area (TPSA) is 60.9 Å². The first kappa shape index (κ1) is 13.1. The zero-order valence-corrected chi connectivity index (χ0v) is 12.7. The van der Waals surface area contributed by atoms with E-state index in [-0.39, 0.29) is 5.82 Å². The molecular formula is C17H11FN6. The molecule has 2 aromatic carbocycles. The lowest BCUT2D eigenvalue weighted by atomic mass is 10.2.